The molecule has 1 aliphatic heterocycles. The first-order valence-electron chi connectivity index (χ1n) is 12.2. The van der Waals surface area contributed by atoms with Crippen LogP contribution in [0.3, 0.4) is 0 Å². The lowest BCUT2D eigenvalue weighted by molar-refractivity contribution is 0.0686. The van der Waals surface area contributed by atoms with Crippen molar-refractivity contribution in [2.45, 2.75) is 19.0 Å². The summed E-state index contributed by atoms with van der Waals surface area (Å²) in [5, 5.41) is 9.32. The number of carboxylic acids is 1. The van der Waals surface area contributed by atoms with Crippen LogP contribution in [0.15, 0.2) is 83.9 Å². The second-order valence-corrected chi connectivity index (χ2v) is 9.35. The first-order chi connectivity index (χ1) is 18.0. The number of pyridine rings is 1. The van der Waals surface area contributed by atoms with E-state index in [1.54, 1.807) is 22.4 Å². The predicted molar refractivity (Wildman–Crippen MR) is 140 cm³/mol. The lowest BCUT2D eigenvalue weighted by atomic mass is 10.1. The number of fused-ring (bicyclic) bond motifs is 1. The fourth-order valence-electron chi connectivity index (χ4n) is 5.24. The molecular weight excluding hydrogens is 468 g/mol. The minimum atomic E-state index is -0.998. The molecule has 5 aromatic rings. The van der Waals surface area contributed by atoms with E-state index in [2.05, 4.69) is 27.0 Å². The van der Waals surface area contributed by atoms with Crippen molar-refractivity contribution in [3.05, 3.63) is 101 Å². The van der Waals surface area contributed by atoms with Crippen LogP contribution in [0, 0.1) is 0 Å². The number of hydrogen-bond acceptors (Lipinski definition) is 5. The third kappa shape index (κ3) is 4.03. The quantitative estimate of drug-likeness (QED) is 0.386. The van der Waals surface area contributed by atoms with Crippen molar-refractivity contribution in [2.24, 2.45) is 7.05 Å². The number of carboxylic acid groups (broad SMARTS) is 1. The van der Waals surface area contributed by atoms with Crippen molar-refractivity contribution in [1.29, 1.82) is 0 Å². The third-order valence-electron chi connectivity index (χ3n) is 7.13. The zero-order chi connectivity index (χ0) is 25.5. The topological polar surface area (TPSA) is 98.2 Å². The van der Waals surface area contributed by atoms with E-state index in [1.807, 2.05) is 59.2 Å². The fraction of sp³-hybridized carbons (Fsp3) is 0.214. The number of rotatable bonds is 6. The first kappa shape index (κ1) is 22.9. The van der Waals surface area contributed by atoms with Crippen LogP contribution in [-0.4, -0.2) is 52.7 Å². The van der Waals surface area contributed by atoms with Gasteiger partial charge in [-0.2, -0.15) is 0 Å². The van der Waals surface area contributed by atoms with Crippen LogP contribution in [0.25, 0.3) is 28.0 Å². The number of likely N-dealkylation sites (tertiary alicyclic amines) is 1. The second-order valence-electron chi connectivity index (χ2n) is 9.35. The van der Waals surface area contributed by atoms with E-state index in [9.17, 15) is 14.7 Å². The molecule has 37 heavy (non-hydrogen) atoms. The fourth-order valence-corrected chi connectivity index (χ4v) is 5.24. The lowest BCUT2D eigenvalue weighted by Gasteiger charge is -2.16. The van der Waals surface area contributed by atoms with Crippen LogP contribution in [-0.2, 0) is 13.6 Å². The summed E-state index contributed by atoms with van der Waals surface area (Å²) in [7, 11) is 1.71. The highest BCUT2D eigenvalue weighted by Crippen LogP contribution is 2.28. The number of benzene rings is 2. The largest absolute Gasteiger partial charge is 0.477 e. The zero-order valence-corrected chi connectivity index (χ0v) is 20.4. The molecule has 186 valence electrons. The highest BCUT2D eigenvalue weighted by Gasteiger charge is 2.30. The van der Waals surface area contributed by atoms with Gasteiger partial charge in [0.25, 0.3) is 0 Å². The summed E-state index contributed by atoms with van der Waals surface area (Å²) >= 11 is 0. The van der Waals surface area contributed by atoms with Crippen molar-refractivity contribution < 1.29 is 9.90 Å². The van der Waals surface area contributed by atoms with Gasteiger partial charge in [-0.15, -0.1) is 0 Å². The van der Waals surface area contributed by atoms with E-state index < -0.39 is 5.97 Å². The molecule has 0 radical (unpaired) electrons. The maximum atomic E-state index is 13.9. The average molecular weight is 495 g/mol. The molecule has 0 saturated carbocycles. The van der Waals surface area contributed by atoms with E-state index in [-0.39, 0.29) is 17.4 Å². The Labute approximate surface area is 212 Å². The molecule has 1 unspecified atom stereocenters. The molecule has 0 spiro atoms. The second kappa shape index (κ2) is 9.18. The van der Waals surface area contributed by atoms with Gasteiger partial charge in [0.1, 0.15) is 11.5 Å². The van der Waals surface area contributed by atoms with Crippen molar-refractivity contribution in [2.75, 3.05) is 13.1 Å². The molecule has 9 nitrogen and oxygen atoms in total. The standard InChI is InChI=1S/C28H26N6O3/c1-31-24(27(35)36)16-30-25(31)18-32-14-12-22(17-32)34-26-23(11-6-13-29-26)33(28(34)37)21-10-5-9-20(15-21)19-7-3-2-4-8-19/h2-11,13,15-16,22H,12,14,17-18H2,1H3,(H,35,36). The Balaban J connectivity index is 1.34. The summed E-state index contributed by atoms with van der Waals surface area (Å²) in [6.07, 6.45) is 3.89. The zero-order valence-electron chi connectivity index (χ0n) is 20.4. The van der Waals surface area contributed by atoms with E-state index >= 15 is 0 Å². The third-order valence-corrected chi connectivity index (χ3v) is 7.13. The highest BCUT2D eigenvalue weighted by atomic mass is 16.4. The Morgan fingerprint density at radius 1 is 1.03 bits per heavy atom. The summed E-state index contributed by atoms with van der Waals surface area (Å²) in [6.45, 7) is 1.94. The number of aromatic nitrogens is 5. The number of aromatic carboxylic acids is 1. The van der Waals surface area contributed by atoms with Gasteiger partial charge in [-0.05, 0) is 41.8 Å². The van der Waals surface area contributed by atoms with Gasteiger partial charge in [0, 0.05) is 26.3 Å². The van der Waals surface area contributed by atoms with Crippen LogP contribution in [0.5, 0.6) is 0 Å². The normalized spacial score (nSPS) is 16.0. The van der Waals surface area contributed by atoms with Crippen molar-refractivity contribution in [1.82, 2.24) is 28.6 Å². The maximum Gasteiger partial charge on any atom is 0.354 e. The van der Waals surface area contributed by atoms with E-state index in [4.69, 9.17) is 0 Å². The van der Waals surface area contributed by atoms with Crippen LogP contribution < -0.4 is 5.69 Å². The van der Waals surface area contributed by atoms with Crippen LogP contribution in [0.1, 0.15) is 28.8 Å². The van der Waals surface area contributed by atoms with Gasteiger partial charge in [-0.3, -0.25) is 14.0 Å². The Hall–Kier alpha value is -4.50. The molecule has 0 amide bonds. The van der Waals surface area contributed by atoms with Gasteiger partial charge in [-0.1, -0.05) is 42.5 Å². The summed E-state index contributed by atoms with van der Waals surface area (Å²) in [5.74, 6) is -0.314. The molecule has 1 fully saturated rings. The molecule has 3 aromatic heterocycles. The Morgan fingerprint density at radius 3 is 2.62 bits per heavy atom. The Kier molecular flexibility index (Phi) is 5.69. The molecule has 1 atom stereocenters. The number of nitrogens with zero attached hydrogens (tertiary/aromatic N) is 6. The molecule has 6 rings (SSSR count). The molecule has 2 aromatic carbocycles. The Bertz CT molecular complexity index is 1670. The molecular formula is C28H26N6O3. The van der Waals surface area contributed by atoms with E-state index in [0.717, 1.165) is 35.3 Å². The molecule has 9 heteroatoms. The van der Waals surface area contributed by atoms with Crippen LogP contribution in [0.4, 0.5) is 0 Å². The lowest BCUT2D eigenvalue weighted by Crippen LogP contribution is -2.29. The van der Waals surface area contributed by atoms with E-state index in [1.165, 1.54) is 6.20 Å². The monoisotopic (exact) mass is 494 g/mol. The van der Waals surface area contributed by atoms with Gasteiger partial charge in [0.2, 0.25) is 0 Å². The maximum absolute atomic E-state index is 13.9. The van der Waals surface area contributed by atoms with E-state index in [0.29, 0.717) is 24.6 Å². The highest BCUT2D eigenvalue weighted by molar-refractivity contribution is 5.85. The molecule has 1 saturated heterocycles. The number of hydrogen-bond donors (Lipinski definition) is 1. The predicted octanol–water partition coefficient (Wildman–Crippen LogP) is 3.73. The summed E-state index contributed by atoms with van der Waals surface area (Å²) in [4.78, 5) is 36.4. The van der Waals surface area contributed by atoms with Crippen molar-refractivity contribution in [3.63, 3.8) is 0 Å². The summed E-state index contributed by atoms with van der Waals surface area (Å²) in [6, 6.07) is 21.8. The van der Waals surface area contributed by atoms with Gasteiger partial charge in [-0.25, -0.2) is 19.6 Å². The summed E-state index contributed by atoms with van der Waals surface area (Å²) < 4.78 is 5.16. The van der Waals surface area contributed by atoms with Gasteiger partial charge < -0.3 is 9.67 Å². The van der Waals surface area contributed by atoms with Crippen molar-refractivity contribution in [3.8, 4) is 16.8 Å². The van der Waals surface area contributed by atoms with Gasteiger partial charge in [0.05, 0.1) is 30.0 Å². The molecule has 1 aliphatic rings. The van der Waals surface area contributed by atoms with Crippen LogP contribution >= 0.6 is 0 Å². The first-order valence-corrected chi connectivity index (χ1v) is 12.2. The van der Waals surface area contributed by atoms with Gasteiger partial charge in [0.15, 0.2) is 5.65 Å². The smallest absolute Gasteiger partial charge is 0.354 e. The minimum Gasteiger partial charge on any atom is -0.477 e. The molecule has 1 N–H and O–H groups in total. The molecule has 0 bridgehead atoms. The van der Waals surface area contributed by atoms with Gasteiger partial charge >= 0.3 is 11.7 Å². The summed E-state index contributed by atoms with van der Waals surface area (Å²) in [5.41, 5.74) is 4.40. The van der Waals surface area contributed by atoms with Crippen LogP contribution in [0.2, 0.25) is 0 Å². The minimum absolute atomic E-state index is 0.0531. The SMILES string of the molecule is Cn1c(C(=O)O)cnc1CN1CCC(n2c(=O)n(-c3cccc(-c4ccccc4)c3)c3cccnc32)C1. The number of imidazole rings is 2. The average Bonchev–Trinajstić information content (AvgIpc) is 3.60. The Morgan fingerprint density at radius 2 is 1.84 bits per heavy atom. The van der Waals surface area contributed by atoms with Crippen molar-refractivity contribution >= 4 is 17.1 Å². The molecule has 4 heterocycles. The molecule has 0 aliphatic carbocycles. The number of carbonyl (C=O) groups is 1.